The van der Waals surface area contributed by atoms with Crippen LogP contribution in [-0.4, -0.2) is 37.2 Å². The minimum absolute atomic E-state index is 0.0911. The Morgan fingerprint density at radius 3 is 1.03 bits per heavy atom. The van der Waals surface area contributed by atoms with Crippen molar-refractivity contribution in [3.63, 3.8) is 0 Å². The summed E-state index contributed by atoms with van der Waals surface area (Å²) < 4.78 is 16.8. The molecule has 0 aliphatic heterocycles. The van der Waals surface area contributed by atoms with Crippen molar-refractivity contribution in [2.75, 3.05) is 13.2 Å². The molecule has 0 aromatic rings. The van der Waals surface area contributed by atoms with Crippen LogP contribution in [0.25, 0.3) is 0 Å². The van der Waals surface area contributed by atoms with Crippen LogP contribution in [0.3, 0.4) is 0 Å². The Kier molecular flexibility index (Phi) is 52.8. The van der Waals surface area contributed by atoms with E-state index in [9.17, 15) is 14.4 Å². The number of hydrogen-bond donors (Lipinski definition) is 0. The Labute approximate surface area is 414 Å². The molecule has 0 aromatic heterocycles. The zero-order valence-corrected chi connectivity index (χ0v) is 44.2. The maximum Gasteiger partial charge on any atom is 0.306 e. The molecule has 0 aliphatic rings. The maximum atomic E-state index is 12.8. The van der Waals surface area contributed by atoms with Gasteiger partial charge in [-0.1, -0.05) is 229 Å². The van der Waals surface area contributed by atoms with Crippen molar-refractivity contribution in [1.82, 2.24) is 0 Å². The standard InChI is InChI=1S/C61H106O6/c1-4-7-10-13-16-19-22-25-28-31-34-36-39-42-45-48-51-54-60(63)66-57-58(67-61(64)55-52-49-46-43-40-37-33-30-27-24-21-18-15-12-9-6-3)56-65-59(62)53-50-47-44-41-38-35-32-29-26-23-20-17-14-11-8-5-2/h9,12,18,21,25,27-30,32,35,38,58H,4-8,10-11,13-17,19-20,22-24,26,31,33-34,36-37,39-57H2,1-3H3/b12-9-,21-18-,28-25-,30-27-,32-29-,38-35-. The summed E-state index contributed by atoms with van der Waals surface area (Å²) in [5, 5.41) is 0. The molecule has 6 heteroatoms. The van der Waals surface area contributed by atoms with Gasteiger partial charge in [0, 0.05) is 19.3 Å². The molecular formula is C61H106O6. The lowest BCUT2D eigenvalue weighted by Crippen LogP contribution is -2.30. The van der Waals surface area contributed by atoms with Crippen LogP contribution in [0.5, 0.6) is 0 Å². The normalized spacial score (nSPS) is 12.6. The van der Waals surface area contributed by atoms with E-state index in [2.05, 4.69) is 93.7 Å². The third kappa shape index (κ3) is 53.7. The first-order valence-corrected chi connectivity index (χ1v) is 28.5. The number of ether oxygens (including phenoxy) is 3. The van der Waals surface area contributed by atoms with E-state index in [1.54, 1.807) is 0 Å². The second-order valence-corrected chi connectivity index (χ2v) is 18.8. The summed E-state index contributed by atoms with van der Waals surface area (Å²) in [5.74, 6) is -0.929. The summed E-state index contributed by atoms with van der Waals surface area (Å²) >= 11 is 0. The Morgan fingerprint density at radius 2 is 0.627 bits per heavy atom. The van der Waals surface area contributed by atoms with Gasteiger partial charge in [-0.15, -0.1) is 0 Å². The molecule has 0 aliphatic carbocycles. The van der Waals surface area contributed by atoms with Crippen molar-refractivity contribution >= 4 is 17.9 Å². The lowest BCUT2D eigenvalue weighted by atomic mass is 10.1. The summed E-state index contributed by atoms with van der Waals surface area (Å²) in [4.78, 5) is 38.1. The number of carbonyl (C=O) groups is 3. The zero-order valence-electron chi connectivity index (χ0n) is 44.2. The summed E-state index contributed by atoms with van der Waals surface area (Å²) in [5.41, 5.74) is 0. The molecule has 0 fully saturated rings. The molecule has 0 amide bonds. The van der Waals surface area contributed by atoms with Gasteiger partial charge >= 0.3 is 17.9 Å². The SMILES string of the molecule is CC/C=C\C/C=C\C/C=C\CCCCCCCCC(=O)OC(COC(=O)CCCCC/C=C\C=C/CCCCCCCCC)COC(=O)CCCCCCCCC/C=C\CCCCCCCC. The molecule has 0 spiro atoms. The van der Waals surface area contributed by atoms with Crippen molar-refractivity contribution in [3.8, 4) is 0 Å². The monoisotopic (exact) mass is 935 g/mol. The summed E-state index contributed by atoms with van der Waals surface area (Å²) in [6, 6.07) is 0. The smallest absolute Gasteiger partial charge is 0.306 e. The lowest BCUT2D eigenvalue weighted by molar-refractivity contribution is -0.167. The van der Waals surface area contributed by atoms with Crippen LogP contribution in [0.2, 0.25) is 0 Å². The molecule has 1 unspecified atom stereocenters. The molecule has 386 valence electrons. The first-order chi connectivity index (χ1) is 33.0. The van der Waals surface area contributed by atoms with E-state index < -0.39 is 6.10 Å². The molecule has 0 rings (SSSR count). The third-order valence-corrected chi connectivity index (χ3v) is 12.2. The van der Waals surface area contributed by atoms with Crippen LogP contribution < -0.4 is 0 Å². The Bertz CT molecular complexity index is 1260. The van der Waals surface area contributed by atoms with Gasteiger partial charge in [0.1, 0.15) is 13.2 Å². The predicted molar refractivity (Wildman–Crippen MR) is 288 cm³/mol. The van der Waals surface area contributed by atoms with E-state index in [0.717, 1.165) is 103 Å². The third-order valence-electron chi connectivity index (χ3n) is 12.2. The molecule has 0 N–H and O–H groups in total. The number of carbonyl (C=O) groups excluding carboxylic acids is 3. The summed E-state index contributed by atoms with van der Waals surface area (Å²) in [6.45, 7) is 6.50. The molecule has 0 aromatic carbocycles. The van der Waals surface area contributed by atoms with Gasteiger partial charge in [-0.05, 0) is 103 Å². The van der Waals surface area contributed by atoms with Gasteiger partial charge in [-0.2, -0.15) is 0 Å². The molecule has 0 saturated heterocycles. The molecule has 0 radical (unpaired) electrons. The van der Waals surface area contributed by atoms with Crippen molar-refractivity contribution in [3.05, 3.63) is 72.9 Å². The fourth-order valence-corrected chi connectivity index (χ4v) is 7.91. The molecule has 0 heterocycles. The van der Waals surface area contributed by atoms with E-state index in [4.69, 9.17) is 14.2 Å². The van der Waals surface area contributed by atoms with Crippen LogP contribution in [-0.2, 0) is 28.6 Å². The molecule has 67 heavy (non-hydrogen) atoms. The van der Waals surface area contributed by atoms with E-state index in [1.807, 2.05) is 0 Å². The lowest BCUT2D eigenvalue weighted by Gasteiger charge is -2.18. The van der Waals surface area contributed by atoms with Gasteiger partial charge in [0.25, 0.3) is 0 Å². The van der Waals surface area contributed by atoms with Crippen molar-refractivity contribution in [1.29, 1.82) is 0 Å². The van der Waals surface area contributed by atoms with Crippen molar-refractivity contribution in [2.45, 2.75) is 284 Å². The topological polar surface area (TPSA) is 78.9 Å². The average Bonchev–Trinajstić information content (AvgIpc) is 3.33. The second kappa shape index (κ2) is 55.4. The van der Waals surface area contributed by atoms with Crippen LogP contribution in [0.15, 0.2) is 72.9 Å². The van der Waals surface area contributed by atoms with Crippen LogP contribution in [0.1, 0.15) is 278 Å². The number of allylic oxidation sites excluding steroid dienone is 12. The second-order valence-electron chi connectivity index (χ2n) is 18.8. The highest BCUT2D eigenvalue weighted by Gasteiger charge is 2.19. The van der Waals surface area contributed by atoms with Gasteiger partial charge in [0.05, 0.1) is 0 Å². The Hall–Kier alpha value is -3.15. The highest BCUT2D eigenvalue weighted by molar-refractivity contribution is 5.71. The fraction of sp³-hybridized carbons (Fsp3) is 0.754. The minimum Gasteiger partial charge on any atom is -0.462 e. The van der Waals surface area contributed by atoms with E-state index in [0.29, 0.717) is 19.3 Å². The summed E-state index contributed by atoms with van der Waals surface area (Å²) in [7, 11) is 0. The zero-order chi connectivity index (χ0) is 48.6. The highest BCUT2D eigenvalue weighted by Crippen LogP contribution is 2.15. The van der Waals surface area contributed by atoms with Gasteiger partial charge < -0.3 is 14.2 Å². The van der Waals surface area contributed by atoms with Crippen molar-refractivity contribution < 1.29 is 28.6 Å². The van der Waals surface area contributed by atoms with Gasteiger partial charge in [-0.25, -0.2) is 0 Å². The number of hydrogen-bond acceptors (Lipinski definition) is 6. The van der Waals surface area contributed by atoms with E-state index in [-0.39, 0.29) is 31.1 Å². The van der Waals surface area contributed by atoms with Crippen LogP contribution in [0, 0.1) is 0 Å². The molecule has 6 nitrogen and oxygen atoms in total. The number of unbranched alkanes of at least 4 members (excludes halogenated alkanes) is 29. The molecule has 0 bridgehead atoms. The summed E-state index contributed by atoms with van der Waals surface area (Å²) in [6.07, 6.45) is 70.3. The predicted octanol–water partition coefficient (Wildman–Crippen LogP) is 19.0. The maximum absolute atomic E-state index is 12.8. The van der Waals surface area contributed by atoms with Crippen molar-refractivity contribution in [2.24, 2.45) is 0 Å². The highest BCUT2D eigenvalue weighted by atomic mass is 16.6. The fourth-order valence-electron chi connectivity index (χ4n) is 7.91. The van der Waals surface area contributed by atoms with Crippen LogP contribution in [0.4, 0.5) is 0 Å². The number of esters is 3. The number of rotatable bonds is 51. The van der Waals surface area contributed by atoms with Gasteiger partial charge in [0.2, 0.25) is 0 Å². The van der Waals surface area contributed by atoms with Gasteiger partial charge in [0.15, 0.2) is 6.10 Å². The van der Waals surface area contributed by atoms with E-state index >= 15 is 0 Å². The molecule has 0 saturated carbocycles. The first kappa shape index (κ1) is 63.8. The van der Waals surface area contributed by atoms with E-state index in [1.165, 1.54) is 135 Å². The van der Waals surface area contributed by atoms with Crippen LogP contribution >= 0.6 is 0 Å². The first-order valence-electron chi connectivity index (χ1n) is 28.5. The Balaban J connectivity index is 4.44. The average molecular weight is 936 g/mol. The minimum atomic E-state index is -0.795. The quantitative estimate of drug-likeness (QED) is 0.0199. The Morgan fingerprint density at radius 1 is 0.328 bits per heavy atom. The molecular weight excluding hydrogens is 829 g/mol. The van der Waals surface area contributed by atoms with Gasteiger partial charge in [-0.3, -0.25) is 14.4 Å². The largest absolute Gasteiger partial charge is 0.462 e. The molecule has 1 atom stereocenters.